The molecule has 0 spiro atoms. The molecule has 1 aromatic heterocycles. The van der Waals surface area contributed by atoms with Gasteiger partial charge in [0.1, 0.15) is 6.07 Å². The van der Waals surface area contributed by atoms with Gasteiger partial charge in [0, 0.05) is 33.0 Å². The molecule has 3 rings (SSSR count). The Balaban J connectivity index is 2.21. The topological polar surface area (TPSA) is 91.8 Å². The molecule has 0 saturated carbocycles. The van der Waals surface area contributed by atoms with Crippen molar-refractivity contribution >= 4 is 50.6 Å². The average Bonchev–Trinajstić information content (AvgIpc) is 2.54. The fourth-order valence-corrected chi connectivity index (χ4v) is 2.77. The highest BCUT2D eigenvalue weighted by atomic mass is 127. The first-order chi connectivity index (χ1) is 11.1. The minimum absolute atomic E-state index is 0.0416. The second-order valence-corrected chi connectivity index (χ2v) is 6.00. The summed E-state index contributed by atoms with van der Waals surface area (Å²) in [5.41, 5.74) is 2.19. The first-order valence-corrected chi connectivity index (χ1v) is 7.66. The Morgan fingerprint density at radius 3 is 2.78 bits per heavy atom. The second kappa shape index (κ2) is 6.18. The molecule has 112 valence electrons. The summed E-state index contributed by atoms with van der Waals surface area (Å²) in [6.45, 7) is 0. The first kappa shape index (κ1) is 15.2. The quantitative estimate of drug-likeness (QED) is 0.389. The van der Waals surface area contributed by atoms with Crippen molar-refractivity contribution < 1.29 is 4.92 Å². The van der Waals surface area contributed by atoms with E-state index in [4.69, 9.17) is 0 Å². The Kier molecular flexibility index (Phi) is 4.08. The fraction of sp³-hybridized carbons (Fsp3) is 0. The van der Waals surface area contributed by atoms with E-state index in [0.717, 1.165) is 9.26 Å². The maximum Gasteiger partial charge on any atom is 0.270 e. The number of nitrogens with zero attached hydrogens (tertiary/aromatic N) is 3. The zero-order chi connectivity index (χ0) is 16.4. The molecule has 0 radical (unpaired) electrons. The van der Waals surface area contributed by atoms with Crippen molar-refractivity contribution in [3.63, 3.8) is 0 Å². The molecule has 0 amide bonds. The molecule has 0 unspecified atom stereocenters. The van der Waals surface area contributed by atoms with Crippen molar-refractivity contribution in [3.05, 3.63) is 67.9 Å². The fourth-order valence-electron chi connectivity index (χ4n) is 2.22. The molecule has 0 bridgehead atoms. The summed E-state index contributed by atoms with van der Waals surface area (Å²) >= 11 is 2.19. The third-order valence-corrected chi connectivity index (χ3v) is 3.95. The third kappa shape index (κ3) is 3.07. The Labute approximate surface area is 145 Å². The van der Waals surface area contributed by atoms with Crippen LogP contribution in [0.4, 0.5) is 17.1 Å². The van der Waals surface area contributed by atoms with Crippen molar-refractivity contribution in [1.29, 1.82) is 5.26 Å². The molecule has 2 aromatic carbocycles. The van der Waals surface area contributed by atoms with Gasteiger partial charge in [-0.05, 0) is 46.9 Å². The van der Waals surface area contributed by atoms with Crippen molar-refractivity contribution in [2.24, 2.45) is 0 Å². The number of halogens is 1. The van der Waals surface area contributed by atoms with E-state index in [-0.39, 0.29) is 5.69 Å². The third-order valence-electron chi connectivity index (χ3n) is 3.28. The van der Waals surface area contributed by atoms with Crippen LogP contribution in [-0.4, -0.2) is 9.91 Å². The summed E-state index contributed by atoms with van der Waals surface area (Å²) in [6, 6.07) is 14.1. The number of benzene rings is 2. The number of pyridine rings is 1. The zero-order valence-electron chi connectivity index (χ0n) is 11.7. The van der Waals surface area contributed by atoms with Gasteiger partial charge in [0.05, 0.1) is 21.7 Å². The molecule has 3 aromatic rings. The van der Waals surface area contributed by atoms with Crippen LogP contribution in [0.2, 0.25) is 0 Å². The molecule has 23 heavy (non-hydrogen) atoms. The molecule has 1 heterocycles. The van der Waals surface area contributed by atoms with Crippen molar-refractivity contribution in [2.75, 3.05) is 5.32 Å². The van der Waals surface area contributed by atoms with Gasteiger partial charge < -0.3 is 5.32 Å². The SMILES string of the molecule is N#Cc1cnc2ccc([N+](=O)[O-])cc2c1Nc1cccc(I)c1. The highest BCUT2D eigenvalue weighted by Crippen LogP contribution is 2.31. The minimum Gasteiger partial charge on any atom is -0.354 e. The normalized spacial score (nSPS) is 10.3. The van der Waals surface area contributed by atoms with E-state index in [2.05, 4.69) is 39.0 Å². The number of nitrogens with one attached hydrogen (secondary N) is 1. The van der Waals surface area contributed by atoms with Gasteiger partial charge in [0.15, 0.2) is 0 Å². The van der Waals surface area contributed by atoms with Crippen LogP contribution in [0.15, 0.2) is 48.7 Å². The van der Waals surface area contributed by atoms with Crippen molar-refractivity contribution in [3.8, 4) is 6.07 Å². The van der Waals surface area contributed by atoms with E-state index in [1.807, 2.05) is 24.3 Å². The zero-order valence-corrected chi connectivity index (χ0v) is 13.8. The lowest BCUT2D eigenvalue weighted by Gasteiger charge is -2.11. The van der Waals surface area contributed by atoms with Gasteiger partial charge in [-0.3, -0.25) is 15.1 Å². The smallest absolute Gasteiger partial charge is 0.270 e. The van der Waals surface area contributed by atoms with Crippen LogP contribution in [0.1, 0.15) is 5.56 Å². The molecule has 0 atom stereocenters. The van der Waals surface area contributed by atoms with Gasteiger partial charge in [0.25, 0.3) is 5.69 Å². The number of hydrogen-bond acceptors (Lipinski definition) is 5. The summed E-state index contributed by atoms with van der Waals surface area (Å²) in [5.74, 6) is 0. The summed E-state index contributed by atoms with van der Waals surface area (Å²) in [7, 11) is 0. The maximum absolute atomic E-state index is 11.0. The summed E-state index contributed by atoms with van der Waals surface area (Å²) in [4.78, 5) is 14.7. The van der Waals surface area contributed by atoms with E-state index in [1.165, 1.54) is 18.3 Å². The predicted molar refractivity (Wildman–Crippen MR) is 95.6 cm³/mol. The van der Waals surface area contributed by atoms with Crippen LogP contribution in [0.3, 0.4) is 0 Å². The average molecular weight is 416 g/mol. The summed E-state index contributed by atoms with van der Waals surface area (Å²) in [5, 5.41) is 24.1. The van der Waals surface area contributed by atoms with Crippen LogP contribution in [-0.2, 0) is 0 Å². The molecule has 0 aliphatic carbocycles. The lowest BCUT2D eigenvalue weighted by atomic mass is 10.1. The van der Waals surface area contributed by atoms with Gasteiger partial charge in [-0.25, -0.2) is 0 Å². The Hall–Kier alpha value is -2.73. The molecule has 1 N–H and O–H groups in total. The summed E-state index contributed by atoms with van der Waals surface area (Å²) in [6.07, 6.45) is 1.46. The Morgan fingerprint density at radius 2 is 2.09 bits per heavy atom. The van der Waals surface area contributed by atoms with E-state index in [0.29, 0.717) is 22.2 Å². The number of non-ortho nitro benzene ring substituents is 1. The lowest BCUT2D eigenvalue weighted by molar-refractivity contribution is -0.384. The van der Waals surface area contributed by atoms with Crippen LogP contribution in [0.25, 0.3) is 10.9 Å². The van der Waals surface area contributed by atoms with Crippen LogP contribution >= 0.6 is 22.6 Å². The standard InChI is InChI=1S/C16H9IN4O2/c17-11-2-1-3-12(6-11)20-16-10(8-18)9-19-15-5-4-13(21(22)23)7-14(15)16/h1-7,9H,(H,19,20). The summed E-state index contributed by atoms with van der Waals surface area (Å²) < 4.78 is 1.04. The van der Waals surface area contributed by atoms with Crippen LogP contribution < -0.4 is 5.32 Å². The van der Waals surface area contributed by atoms with Gasteiger partial charge >= 0.3 is 0 Å². The van der Waals surface area contributed by atoms with Crippen LogP contribution in [0.5, 0.6) is 0 Å². The molecular weight excluding hydrogens is 407 g/mol. The molecule has 0 aliphatic rings. The number of rotatable bonds is 3. The molecular formula is C16H9IN4O2. The highest BCUT2D eigenvalue weighted by Gasteiger charge is 2.13. The number of fused-ring (bicyclic) bond motifs is 1. The number of nitro groups is 1. The van der Waals surface area contributed by atoms with Gasteiger partial charge in [-0.2, -0.15) is 5.26 Å². The van der Waals surface area contributed by atoms with E-state index < -0.39 is 4.92 Å². The van der Waals surface area contributed by atoms with Gasteiger partial charge in [0.2, 0.25) is 0 Å². The number of aromatic nitrogens is 1. The Bertz CT molecular complexity index is 966. The number of hydrogen-bond donors (Lipinski definition) is 1. The second-order valence-electron chi connectivity index (χ2n) is 4.75. The van der Waals surface area contributed by atoms with Crippen molar-refractivity contribution in [2.45, 2.75) is 0 Å². The van der Waals surface area contributed by atoms with Gasteiger partial charge in [-0.1, -0.05) is 6.07 Å². The monoisotopic (exact) mass is 416 g/mol. The Morgan fingerprint density at radius 1 is 1.26 bits per heavy atom. The molecule has 0 saturated heterocycles. The molecule has 7 heteroatoms. The minimum atomic E-state index is -0.465. The molecule has 0 aliphatic heterocycles. The maximum atomic E-state index is 11.0. The molecule has 0 fully saturated rings. The predicted octanol–water partition coefficient (Wildman–Crippen LogP) is 4.36. The lowest BCUT2D eigenvalue weighted by Crippen LogP contribution is -1.98. The largest absolute Gasteiger partial charge is 0.354 e. The van der Waals surface area contributed by atoms with Crippen LogP contribution in [0, 0.1) is 25.0 Å². The van der Waals surface area contributed by atoms with E-state index >= 15 is 0 Å². The highest BCUT2D eigenvalue weighted by molar-refractivity contribution is 14.1. The number of anilines is 2. The number of nitro benzene ring substituents is 1. The van der Waals surface area contributed by atoms with Gasteiger partial charge in [-0.15, -0.1) is 0 Å². The number of nitriles is 1. The van der Waals surface area contributed by atoms with E-state index in [1.54, 1.807) is 6.07 Å². The van der Waals surface area contributed by atoms with E-state index in [9.17, 15) is 15.4 Å². The molecule has 6 nitrogen and oxygen atoms in total. The first-order valence-electron chi connectivity index (χ1n) is 6.58. The van der Waals surface area contributed by atoms with Crippen molar-refractivity contribution in [1.82, 2.24) is 4.98 Å².